The maximum atomic E-state index is 14.0. The zero-order chi connectivity index (χ0) is 29.5. The third kappa shape index (κ3) is 6.75. The summed E-state index contributed by atoms with van der Waals surface area (Å²) in [6.45, 7) is 7.35. The molecular formula is C28H41N5O7S. The molecule has 5 rings (SSSR count). The lowest BCUT2D eigenvalue weighted by Gasteiger charge is -2.42. The first kappa shape index (κ1) is 29.9. The summed E-state index contributed by atoms with van der Waals surface area (Å²) in [5, 5.41) is 28.9. The molecule has 0 spiro atoms. The van der Waals surface area contributed by atoms with Crippen LogP contribution in [0.1, 0.15) is 44.9 Å². The zero-order valence-corrected chi connectivity index (χ0v) is 24.6. The number of aliphatic hydroxyl groups excluding tert-OH is 2. The average molecular weight is 592 g/mol. The summed E-state index contributed by atoms with van der Waals surface area (Å²) in [7, 11) is 0. The van der Waals surface area contributed by atoms with Gasteiger partial charge in [-0.2, -0.15) is 0 Å². The monoisotopic (exact) mass is 591 g/mol. The molecule has 4 aliphatic rings. The van der Waals surface area contributed by atoms with Gasteiger partial charge in [-0.3, -0.25) is 24.1 Å². The molecule has 0 unspecified atom stereocenters. The molecule has 0 aliphatic carbocycles. The second-order valence-electron chi connectivity index (χ2n) is 12.8. The van der Waals surface area contributed by atoms with Crippen LogP contribution in [-0.4, -0.2) is 124 Å². The van der Waals surface area contributed by atoms with Crippen molar-refractivity contribution in [3.63, 3.8) is 0 Å². The SMILES string of the molecule is CC(C)(C)CC(=O)N1CCN2C[C@H]1C(=O)NC[C@H]1O[C@@H](CC(=O)N[C@H]3C[C@@H](C2=O)N(Cc2cccs2)C3)[C@H](O)[C@@H]1O. The van der Waals surface area contributed by atoms with Crippen molar-refractivity contribution in [2.24, 2.45) is 5.41 Å². The molecule has 12 nitrogen and oxygen atoms in total. The molecular weight excluding hydrogens is 550 g/mol. The van der Waals surface area contributed by atoms with Crippen molar-refractivity contribution in [1.29, 1.82) is 0 Å². The van der Waals surface area contributed by atoms with E-state index in [9.17, 15) is 29.4 Å². The molecule has 4 N–H and O–H groups in total. The molecule has 0 aromatic carbocycles. The lowest BCUT2D eigenvalue weighted by atomic mass is 9.91. The van der Waals surface area contributed by atoms with Gasteiger partial charge >= 0.3 is 0 Å². The van der Waals surface area contributed by atoms with E-state index >= 15 is 0 Å². The van der Waals surface area contributed by atoms with Crippen molar-refractivity contribution in [2.45, 2.75) is 89.1 Å². The summed E-state index contributed by atoms with van der Waals surface area (Å²) in [5.41, 5.74) is -0.280. The number of amides is 4. The minimum absolute atomic E-state index is 0.0419. The lowest BCUT2D eigenvalue weighted by Crippen LogP contribution is -2.63. The normalized spacial score (nSPS) is 33.6. The van der Waals surface area contributed by atoms with Gasteiger partial charge < -0.3 is 35.4 Å². The molecule has 4 fully saturated rings. The number of piperazine rings is 1. The van der Waals surface area contributed by atoms with Gasteiger partial charge in [0.25, 0.3) is 0 Å². The number of carbonyl (C=O) groups excluding carboxylic acids is 4. The Morgan fingerprint density at radius 1 is 1.10 bits per heavy atom. The molecule has 1 aromatic rings. The average Bonchev–Trinajstić information content (AvgIpc) is 3.62. The van der Waals surface area contributed by atoms with Gasteiger partial charge in [0.05, 0.1) is 25.1 Å². The Morgan fingerprint density at radius 3 is 2.56 bits per heavy atom. The molecule has 7 atom stereocenters. The van der Waals surface area contributed by atoms with E-state index in [1.807, 2.05) is 38.3 Å². The number of fused-ring (bicyclic) bond motifs is 6. The number of nitrogens with one attached hydrogen (secondary N) is 2. The third-order valence-electron chi connectivity index (χ3n) is 8.31. The van der Waals surface area contributed by atoms with Crippen molar-refractivity contribution >= 4 is 35.0 Å². The molecule has 4 saturated heterocycles. The van der Waals surface area contributed by atoms with Crippen molar-refractivity contribution < 1.29 is 34.1 Å². The first-order chi connectivity index (χ1) is 19.4. The molecule has 13 heteroatoms. The highest BCUT2D eigenvalue weighted by Gasteiger charge is 2.47. The summed E-state index contributed by atoms with van der Waals surface area (Å²) >= 11 is 1.60. The number of nitrogens with zero attached hydrogens (tertiary/aromatic N) is 3. The van der Waals surface area contributed by atoms with E-state index in [2.05, 4.69) is 15.5 Å². The van der Waals surface area contributed by atoms with E-state index in [-0.39, 0.29) is 61.7 Å². The fraction of sp³-hybridized carbons (Fsp3) is 0.714. The minimum Gasteiger partial charge on any atom is -0.388 e. The Balaban J connectivity index is 1.43. The highest BCUT2D eigenvalue weighted by atomic mass is 32.1. The molecule has 6 bridgehead atoms. The second-order valence-corrected chi connectivity index (χ2v) is 13.8. The van der Waals surface area contributed by atoms with Crippen LogP contribution in [0.15, 0.2) is 17.5 Å². The summed E-state index contributed by atoms with van der Waals surface area (Å²) in [5.74, 6) is -1.07. The zero-order valence-electron chi connectivity index (χ0n) is 23.8. The van der Waals surface area contributed by atoms with Crippen LogP contribution in [0, 0.1) is 5.41 Å². The van der Waals surface area contributed by atoms with E-state index in [1.54, 1.807) is 21.1 Å². The van der Waals surface area contributed by atoms with Crippen LogP contribution in [0.5, 0.6) is 0 Å². The smallest absolute Gasteiger partial charge is 0.244 e. The second kappa shape index (κ2) is 12.0. The molecule has 0 saturated carbocycles. The Kier molecular flexibility index (Phi) is 8.72. The van der Waals surface area contributed by atoms with Crippen molar-refractivity contribution in [3.05, 3.63) is 22.4 Å². The summed E-state index contributed by atoms with van der Waals surface area (Å²) < 4.78 is 5.81. The maximum absolute atomic E-state index is 14.0. The molecule has 1 aromatic heterocycles. The van der Waals surface area contributed by atoms with E-state index in [1.165, 1.54) is 0 Å². The minimum atomic E-state index is -1.29. The van der Waals surface area contributed by atoms with Gasteiger partial charge in [-0.25, -0.2) is 0 Å². The van der Waals surface area contributed by atoms with Crippen LogP contribution >= 0.6 is 11.3 Å². The largest absolute Gasteiger partial charge is 0.388 e. The highest BCUT2D eigenvalue weighted by molar-refractivity contribution is 7.09. The van der Waals surface area contributed by atoms with Gasteiger partial charge in [-0.15, -0.1) is 11.3 Å². The van der Waals surface area contributed by atoms with Crippen LogP contribution in [0.25, 0.3) is 0 Å². The number of hydrogen-bond acceptors (Lipinski definition) is 9. The van der Waals surface area contributed by atoms with Crippen LogP contribution < -0.4 is 10.6 Å². The van der Waals surface area contributed by atoms with Crippen LogP contribution in [-0.2, 0) is 30.5 Å². The number of aliphatic hydroxyl groups is 2. The van der Waals surface area contributed by atoms with Crippen LogP contribution in [0.2, 0.25) is 0 Å². The summed E-state index contributed by atoms with van der Waals surface area (Å²) in [6.07, 6.45) is -3.94. The number of ether oxygens (including phenoxy) is 1. The molecule has 0 radical (unpaired) electrons. The lowest BCUT2D eigenvalue weighted by molar-refractivity contribution is -0.151. The van der Waals surface area contributed by atoms with Gasteiger partial charge in [0.1, 0.15) is 24.4 Å². The predicted octanol–water partition coefficient (Wildman–Crippen LogP) is -0.708. The number of thiophene rings is 1. The Morgan fingerprint density at radius 2 is 1.85 bits per heavy atom. The Hall–Kier alpha value is -2.58. The van der Waals surface area contributed by atoms with E-state index in [4.69, 9.17) is 4.74 Å². The predicted molar refractivity (Wildman–Crippen MR) is 150 cm³/mol. The number of carbonyl (C=O) groups is 4. The number of likely N-dealkylation sites (tertiary alicyclic amines) is 1. The number of hydrogen-bond donors (Lipinski definition) is 4. The van der Waals surface area contributed by atoms with Crippen molar-refractivity contribution in [3.8, 4) is 0 Å². The molecule has 41 heavy (non-hydrogen) atoms. The third-order valence-corrected chi connectivity index (χ3v) is 9.18. The van der Waals surface area contributed by atoms with Gasteiger partial charge in [-0.05, 0) is 23.3 Å². The molecule has 4 aliphatic heterocycles. The quantitative estimate of drug-likeness (QED) is 0.360. The Labute approximate surface area is 244 Å². The maximum Gasteiger partial charge on any atom is 0.244 e. The number of rotatable bonds is 3. The first-order valence-electron chi connectivity index (χ1n) is 14.3. The summed E-state index contributed by atoms with van der Waals surface area (Å²) in [6, 6.07) is 2.26. The first-order valence-corrected chi connectivity index (χ1v) is 15.2. The van der Waals surface area contributed by atoms with Crippen LogP contribution in [0.4, 0.5) is 0 Å². The van der Waals surface area contributed by atoms with Crippen molar-refractivity contribution in [1.82, 2.24) is 25.3 Å². The van der Waals surface area contributed by atoms with E-state index in [0.717, 1.165) is 4.88 Å². The highest BCUT2D eigenvalue weighted by Crippen LogP contribution is 2.28. The van der Waals surface area contributed by atoms with Crippen LogP contribution in [0.3, 0.4) is 0 Å². The molecule has 4 amide bonds. The van der Waals surface area contributed by atoms with E-state index in [0.29, 0.717) is 26.1 Å². The fourth-order valence-corrected chi connectivity index (χ4v) is 7.00. The van der Waals surface area contributed by atoms with E-state index < -0.39 is 42.4 Å². The van der Waals surface area contributed by atoms with Gasteiger partial charge in [0.15, 0.2) is 0 Å². The topological polar surface area (TPSA) is 152 Å². The fourth-order valence-electron chi connectivity index (χ4n) is 6.27. The van der Waals surface area contributed by atoms with Crippen molar-refractivity contribution in [2.75, 3.05) is 32.7 Å². The van der Waals surface area contributed by atoms with Gasteiger partial charge in [0.2, 0.25) is 23.6 Å². The van der Waals surface area contributed by atoms with Gasteiger partial charge in [-0.1, -0.05) is 26.8 Å². The van der Waals surface area contributed by atoms with Gasteiger partial charge in [0, 0.05) is 50.1 Å². The summed E-state index contributed by atoms with van der Waals surface area (Å²) in [4.78, 5) is 60.1. The molecule has 226 valence electrons. The Bertz CT molecular complexity index is 1140. The standard InChI is InChI=1S/C28H41N5O7S/c1-28(2,3)11-23(35)33-7-6-31-15-19(33)26(38)29-12-21-25(37)24(36)20(40-21)10-22(34)30-16-9-18(27(31)39)32(13-16)14-17-5-4-8-41-17/h4-5,8,16,18-21,24-25,36-37H,6-7,9-15H2,1-3H3,(H,29,38)(H,30,34)/t16-,18-,19-,20-,21+,24-,25+/m0/s1. The molecule has 5 heterocycles.